The molecule has 0 bridgehead atoms. The summed E-state index contributed by atoms with van der Waals surface area (Å²) in [5.41, 5.74) is 5.39. The minimum atomic E-state index is -0.500. The normalized spacial score (nSPS) is 11.1. The van der Waals surface area contributed by atoms with E-state index in [0.717, 1.165) is 42.3 Å². The van der Waals surface area contributed by atoms with E-state index in [1.54, 1.807) is 31.4 Å². The first-order valence-electron chi connectivity index (χ1n) is 12.4. The van der Waals surface area contributed by atoms with E-state index in [2.05, 4.69) is 34.6 Å². The number of benzene rings is 3. The van der Waals surface area contributed by atoms with Crippen molar-refractivity contribution in [2.45, 2.75) is 19.6 Å². The van der Waals surface area contributed by atoms with Crippen molar-refractivity contribution in [2.75, 3.05) is 37.8 Å². The van der Waals surface area contributed by atoms with E-state index in [0.29, 0.717) is 22.0 Å². The lowest BCUT2D eigenvalue weighted by Gasteiger charge is -2.17. The topological polar surface area (TPSA) is 83.0 Å². The van der Waals surface area contributed by atoms with Crippen LogP contribution in [0, 0.1) is 0 Å². The van der Waals surface area contributed by atoms with Crippen LogP contribution in [0.4, 0.5) is 5.69 Å². The lowest BCUT2D eigenvalue weighted by atomic mass is 10.1. The Kier molecular flexibility index (Phi) is 11.7. The molecule has 0 aliphatic carbocycles. The van der Waals surface area contributed by atoms with Gasteiger partial charge in [-0.3, -0.25) is 9.59 Å². The first-order valence-corrected chi connectivity index (χ1v) is 13.9. The van der Waals surface area contributed by atoms with Gasteiger partial charge in [-0.05, 0) is 66.7 Å². The zero-order valence-electron chi connectivity index (χ0n) is 21.9. The number of rotatable bonds is 13. The number of nitrogens with one attached hydrogen (secondary N) is 2. The first kappa shape index (κ1) is 29.2. The van der Waals surface area contributed by atoms with Crippen LogP contribution in [-0.2, 0) is 5.75 Å². The third kappa shape index (κ3) is 8.90. The number of ether oxygens (including phenoxy) is 1. The van der Waals surface area contributed by atoms with E-state index in [1.807, 2.05) is 48.2 Å². The fourth-order valence-electron chi connectivity index (χ4n) is 3.68. The highest BCUT2D eigenvalue weighted by Crippen LogP contribution is 2.22. The minimum absolute atomic E-state index is 0.205. The molecule has 0 aliphatic rings. The summed E-state index contributed by atoms with van der Waals surface area (Å²) >= 11 is 7.99. The molecule has 3 aromatic rings. The monoisotopic (exact) mass is 552 g/mol. The lowest BCUT2D eigenvalue weighted by Crippen LogP contribution is -2.25. The molecule has 0 radical (unpaired) electrons. The van der Waals surface area contributed by atoms with Gasteiger partial charge in [-0.1, -0.05) is 49.7 Å². The molecular formula is C29H33ClN4O3S. The maximum Gasteiger partial charge on any atom is 0.273 e. The summed E-state index contributed by atoms with van der Waals surface area (Å²) in [6, 6.07) is 19.5. The van der Waals surface area contributed by atoms with Crippen LogP contribution in [0.25, 0.3) is 0 Å². The highest BCUT2D eigenvalue weighted by atomic mass is 35.5. The second-order valence-electron chi connectivity index (χ2n) is 8.40. The van der Waals surface area contributed by atoms with Gasteiger partial charge >= 0.3 is 0 Å². The number of amides is 2. The van der Waals surface area contributed by atoms with Gasteiger partial charge in [-0.2, -0.15) is 16.9 Å². The standard InChI is InChI=1S/C29H33ClN4O3S/c1-4-34(5-2)14-15-38-20-22-9-6-10-23(16-22)28(35)32-27-13-12-24(30)18-26(27)29(36)33-31-19-21-8-7-11-25(17-21)37-3/h6-13,16-19H,4-5,14-15,20H2,1-3H3,(H,32,35)(H,33,36). The lowest BCUT2D eigenvalue weighted by molar-refractivity contribution is 0.0956. The number of thioether (sulfide) groups is 1. The Labute approximate surface area is 233 Å². The van der Waals surface area contributed by atoms with Gasteiger partial charge in [-0.15, -0.1) is 0 Å². The molecule has 3 aromatic carbocycles. The fraction of sp³-hybridized carbons (Fsp3) is 0.276. The second kappa shape index (κ2) is 15.2. The Hall–Kier alpha value is -3.33. The molecule has 38 heavy (non-hydrogen) atoms. The van der Waals surface area contributed by atoms with Crippen LogP contribution in [0.5, 0.6) is 5.75 Å². The number of methoxy groups -OCH3 is 1. The summed E-state index contributed by atoms with van der Waals surface area (Å²) < 4.78 is 5.20. The maximum absolute atomic E-state index is 13.1. The molecule has 9 heteroatoms. The quantitative estimate of drug-likeness (QED) is 0.156. The fourth-order valence-corrected chi connectivity index (χ4v) is 4.80. The highest BCUT2D eigenvalue weighted by Gasteiger charge is 2.15. The highest BCUT2D eigenvalue weighted by molar-refractivity contribution is 7.98. The van der Waals surface area contributed by atoms with Gasteiger partial charge in [-0.25, -0.2) is 5.43 Å². The van der Waals surface area contributed by atoms with Crippen LogP contribution in [0.3, 0.4) is 0 Å². The first-order chi connectivity index (χ1) is 18.4. The largest absolute Gasteiger partial charge is 0.497 e. The van der Waals surface area contributed by atoms with Crippen LogP contribution >= 0.6 is 23.4 Å². The molecule has 0 aliphatic heterocycles. The van der Waals surface area contributed by atoms with Gasteiger partial charge in [0.1, 0.15) is 5.75 Å². The van der Waals surface area contributed by atoms with E-state index in [4.69, 9.17) is 16.3 Å². The molecule has 2 amide bonds. The van der Waals surface area contributed by atoms with Crippen molar-refractivity contribution in [1.29, 1.82) is 0 Å². The number of nitrogens with zero attached hydrogens (tertiary/aromatic N) is 2. The number of anilines is 1. The van der Waals surface area contributed by atoms with Crippen LogP contribution in [-0.4, -0.2) is 55.4 Å². The average Bonchev–Trinajstić information content (AvgIpc) is 2.94. The van der Waals surface area contributed by atoms with Crippen molar-refractivity contribution in [1.82, 2.24) is 10.3 Å². The van der Waals surface area contributed by atoms with E-state index < -0.39 is 5.91 Å². The summed E-state index contributed by atoms with van der Waals surface area (Å²) in [7, 11) is 1.58. The Bertz CT molecular complexity index is 1260. The molecule has 0 heterocycles. The Morgan fingerprint density at radius 1 is 1.03 bits per heavy atom. The third-order valence-corrected chi connectivity index (χ3v) is 7.10. The van der Waals surface area contributed by atoms with E-state index in [9.17, 15) is 9.59 Å². The molecule has 7 nitrogen and oxygen atoms in total. The predicted octanol–water partition coefficient (Wildman–Crippen LogP) is 5.94. The van der Waals surface area contributed by atoms with Crippen molar-refractivity contribution < 1.29 is 14.3 Å². The van der Waals surface area contributed by atoms with Crippen molar-refractivity contribution in [3.63, 3.8) is 0 Å². The summed E-state index contributed by atoms with van der Waals surface area (Å²) in [5, 5.41) is 7.24. The molecule has 0 fully saturated rings. The van der Waals surface area contributed by atoms with E-state index in [-0.39, 0.29) is 11.5 Å². The van der Waals surface area contributed by atoms with Crippen LogP contribution in [0.2, 0.25) is 5.02 Å². The zero-order chi connectivity index (χ0) is 27.3. The molecular weight excluding hydrogens is 520 g/mol. The molecule has 3 rings (SSSR count). The zero-order valence-corrected chi connectivity index (χ0v) is 23.4. The second-order valence-corrected chi connectivity index (χ2v) is 9.94. The van der Waals surface area contributed by atoms with Crippen molar-refractivity contribution >= 4 is 47.1 Å². The van der Waals surface area contributed by atoms with Gasteiger partial charge < -0.3 is 15.0 Å². The van der Waals surface area contributed by atoms with Gasteiger partial charge in [0, 0.05) is 28.6 Å². The maximum atomic E-state index is 13.1. The van der Waals surface area contributed by atoms with Crippen LogP contribution in [0.15, 0.2) is 71.8 Å². The van der Waals surface area contributed by atoms with Crippen molar-refractivity contribution in [2.24, 2.45) is 5.10 Å². The number of carbonyl (C=O) groups is 2. The molecule has 0 unspecified atom stereocenters. The number of hydrazone groups is 1. The predicted molar refractivity (Wildman–Crippen MR) is 158 cm³/mol. The molecule has 0 aromatic heterocycles. The summed E-state index contributed by atoms with van der Waals surface area (Å²) in [5.74, 6) is 1.73. The number of carbonyl (C=O) groups excluding carboxylic acids is 2. The number of hydrogen-bond acceptors (Lipinski definition) is 6. The van der Waals surface area contributed by atoms with Gasteiger partial charge in [0.05, 0.1) is 24.6 Å². The molecule has 0 spiro atoms. The van der Waals surface area contributed by atoms with Gasteiger partial charge in [0.15, 0.2) is 0 Å². The van der Waals surface area contributed by atoms with Crippen LogP contribution < -0.4 is 15.5 Å². The molecule has 0 saturated carbocycles. The Balaban J connectivity index is 1.64. The summed E-state index contributed by atoms with van der Waals surface area (Å²) in [6.45, 7) is 7.48. The van der Waals surface area contributed by atoms with E-state index in [1.165, 1.54) is 12.3 Å². The SMILES string of the molecule is CCN(CC)CCSCc1cccc(C(=O)Nc2ccc(Cl)cc2C(=O)NN=Cc2cccc(OC)c2)c1. The average molecular weight is 553 g/mol. The Morgan fingerprint density at radius 3 is 2.58 bits per heavy atom. The van der Waals surface area contributed by atoms with Gasteiger partial charge in [0.2, 0.25) is 0 Å². The van der Waals surface area contributed by atoms with Crippen molar-refractivity contribution in [3.05, 3.63) is 94.0 Å². The number of hydrogen-bond donors (Lipinski definition) is 2. The number of halogens is 1. The Morgan fingerprint density at radius 2 is 1.82 bits per heavy atom. The van der Waals surface area contributed by atoms with Crippen LogP contribution in [0.1, 0.15) is 45.7 Å². The summed E-state index contributed by atoms with van der Waals surface area (Å²) in [4.78, 5) is 28.3. The summed E-state index contributed by atoms with van der Waals surface area (Å²) in [6.07, 6.45) is 1.51. The molecule has 0 saturated heterocycles. The molecule has 200 valence electrons. The molecule has 2 N–H and O–H groups in total. The van der Waals surface area contributed by atoms with E-state index >= 15 is 0 Å². The van der Waals surface area contributed by atoms with Gasteiger partial charge in [0.25, 0.3) is 11.8 Å². The molecule has 0 atom stereocenters. The third-order valence-electron chi connectivity index (χ3n) is 5.85. The van der Waals surface area contributed by atoms with Crippen molar-refractivity contribution in [3.8, 4) is 5.75 Å². The minimum Gasteiger partial charge on any atom is -0.497 e. The smallest absolute Gasteiger partial charge is 0.273 e.